The molecule has 1 heterocycles. The second-order valence-electron chi connectivity index (χ2n) is 4.92. The topological polar surface area (TPSA) is 75.5 Å². The summed E-state index contributed by atoms with van der Waals surface area (Å²) in [4.78, 5) is 24.6. The summed E-state index contributed by atoms with van der Waals surface area (Å²) >= 11 is 7.39. The van der Waals surface area contributed by atoms with Crippen molar-refractivity contribution < 1.29 is 9.72 Å². The summed E-state index contributed by atoms with van der Waals surface area (Å²) in [5.74, 6) is -0.347. The molecule has 0 saturated carbocycles. The predicted molar refractivity (Wildman–Crippen MR) is 103 cm³/mol. The Morgan fingerprint density at radius 1 is 1.21 bits per heavy atom. The summed E-state index contributed by atoms with van der Waals surface area (Å²) in [6.07, 6.45) is 1.45. The quantitative estimate of drug-likeness (QED) is 0.255. The molecule has 0 radical (unpaired) electrons. The SMILES string of the molecule is O=C1/C(=C/c2ccccc2[N+](=O)[O-])NC(=S)N1c1cccc(I)c1. The zero-order valence-corrected chi connectivity index (χ0v) is 15.1. The third-order valence-electron chi connectivity index (χ3n) is 3.38. The summed E-state index contributed by atoms with van der Waals surface area (Å²) in [7, 11) is 0. The van der Waals surface area contributed by atoms with Crippen molar-refractivity contribution in [2.24, 2.45) is 0 Å². The van der Waals surface area contributed by atoms with Crippen LogP contribution in [0.2, 0.25) is 0 Å². The molecule has 24 heavy (non-hydrogen) atoms. The summed E-state index contributed by atoms with van der Waals surface area (Å²) in [6, 6.07) is 13.6. The van der Waals surface area contributed by atoms with Crippen LogP contribution < -0.4 is 10.2 Å². The predicted octanol–water partition coefficient (Wildman–Crippen LogP) is 3.46. The van der Waals surface area contributed by atoms with Crippen LogP contribution in [-0.4, -0.2) is 15.9 Å². The Morgan fingerprint density at radius 2 is 1.96 bits per heavy atom. The second kappa shape index (κ2) is 6.65. The van der Waals surface area contributed by atoms with Crippen LogP contribution in [0.5, 0.6) is 0 Å². The first-order valence-corrected chi connectivity index (χ1v) is 8.32. The molecule has 6 nitrogen and oxygen atoms in total. The Bertz CT molecular complexity index is 898. The van der Waals surface area contributed by atoms with E-state index in [9.17, 15) is 14.9 Å². The van der Waals surface area contributed by atoms with Gasteiger partial charge in [-0.05, 0) is 65.2 Å². The van der Waals surface area contributed by atoms with Crippen molar-refractivity contribution in [3.8, 4) is 0 Å². The minimum atomic E-state index is -0.485. The Kier molecular flexibility index (Phi) is 4.58. The third-order valence-corrected chi connectivity index (χ3v) is 4.33. The molecule has 0 spiro atoms. The zero-order chi connectivity index (χ0) is 17.3. The van der Waals surface area contributed by atoms with E-state index in [4.69, 9.17) is 12.2 Å². The first kappa shape index (κ1) is 16.5. The minimum absolute atomic E-state index is 0.0711. The Balaban J connectivity index is 1.99. The molecule has 1 saturated heterocycles. The fraction of sp³-hybridized carbons (Fsp3) is 0. The van der Waals surface area contributed by atoms with Crippen LogP contribution >= 0.6 is 34.8 Å². The number of hydrogen-bond acceptors (Lipinski definition) is 4. The molecule has 2 aromatic rings. The van der Waals surface area contributed by atoms with Crippen molar-refractivity contribution in [1.29, 1.82) is 0 Å². The number of benzene rings is 2. The maximum atomic E-state index is 12.6. The summed E-state index contributed by atoms with van der Waals surface area (Å²) in [6.45, 7) is 0. The number of nitro groups is 1. The fourth-order valence-corrected chi connectivity index (χ4v) is 3.14. The van der Waals surface area contributed by atoms with E-state index in [1.54, 1.807) is 24.3 Å². The molecule has 0 aromatic heterocycles. The van der Waals surface area contributed by atoms with Gasteiger partial charge >= 0.3 is 0 Å². The van der Waals surface area contributed by atoms with Crippen LogP contribution in [0.1, 0.15) is 5.56 Å². The average molecular weight is 451 g/mol. The largest absolute Gasteiger partial charge is 0.327 e. The summed E-state index contributed by atoms with van der Waals surface area (Å²) in [5, 5.41) is 14.2. The Morgan fingerprint density at radius 3 is 2.67 bits per heavy atom. The summed E-state index contributed by atoms with van der Waals surface area (Å²) < 4.78 is 0.969. The van der Waals surface area contributed by atoms with E-state index in [0.717, 1.165) is 3.57 Å². The van der Waals surface area contributed by atoms with Crippen molar-refractivity contribution in [1.82, 2.24) is 5.32 Å². The molecule has 1 aliphatic rings. The number of para-hydroxylation sites is 1. The number of anilines is 1. The minimum Gasteiger partial charge on any atom is -0.327 e. The van der Waals surface area contributed by atoms with Gasteiger partial charge in [0.1, 0.15) is 5.70 Å². The van der Waals surface area contributed by atoms with E-state index in [0.29, 0.717) is 11.3 Å². The number of carbonyl (C=O) groups is 1. The number of nitro benzene ring substituents is 1. The molecule has 1 aliphatic heterocycles. The second-order valence-corrected chi connectivity index (χ2v) is 6.56. The lowest BCUT2D eigenvalue weighted by atomic mass is 10.1. The highest BCUT2D eigenvalue weighted by atomic mass is 127. The van der Waals surface area contributed by atoms with Crippen molar-refractivity contribution in [3.05, 3.63) is 73.5 Å². The molecule has 0 aliphatic carbocycles. The van der Waals surface area contributed by atoms with Crippen molar-refractivity contribution in [2.75, 3.05) is 4.90 Å². The van der Waals surface area contributed by atoms with E-state index in [-0.39, 0.29) is 22.4 Å². The van der Waals surface area contributed by atoms with Crippen molar-refractivity contribution in [2.45, 2.75) is 0 Å². The molecule has 120 valence electrons. The van der Waals surface area contributed by atoms with E-state index in [2.05, 4.69) is 27.9 Å². The number of nitrogens with zero attached hydrogens (tertiary/aromatic N) is 2. The van der Waals surface area contributed by atoms with Gasteiger partial charge in [0.15, 0.2) is 5.11 Å². The lowest BCUT2D eigenvalue weighted by Crippen LogP contribution is -2.30. The van der Waals surface area contributed by atoms with E-state index in [1.165, 1.54) is 17.0 Å². The highest BCUT2D eigenvalue weighted by molar-refractivity contribution is 14.1. The van der Waals surface area contributed by atoms with Gasteiger partial charge in [0, 0.05) is 9.64 Å². The van der Waals surface area contributed by atoms with E-state index in [1.807, 2.05) is 18.2 Å². The molecule has 1 N–H and O–H groups in total. The van der Waals surface area contributed by atoms with Crippen LogP contribution in [0.3, 0.4) is 0 Å². The number of thiocarbonyl (C=S) groups is 1. The van der Waals surface area contributed by atoms with Gasteiger partial charge in [-0.3, -0.25) is 19.8 Å². The number of amides is 1. The molecule has 0 unspecified atom stereocenters. The van der Waals surface area contributed by atoms with Gasteiger partial charge in [0.25, 0.3) is 11.6 Å². The highest BCUT2D eigenvalue weighted by Crippen LogP contribution is 2.26. The number of carbonyl (C=O) groups excluding carboxylic acids is 1. The van der Waals surface area contributed by atoms with Gasteiger partial charge in [-0.15, -0.1) is 0 Å². The first-order chi connectivity index (χ1) is 11.5. The molecule has 0 bridgehead atoms. The van der Waals surface area contributed by atoms with Gasteiger partial charge in [0.2, 0.25) is 0 Å². The van der Waals surface area contributed by atoms with Crippen molar-refractivity contribution >= 4 is 63.3 Å². The molecule has 2 aromatic carbocycles. The molecule has 1 amide bonds. The highest BCUT2D eigenvalue weighted by Gasteiger charge is 2.32. The first-order valence-electron chi connectivity index (χ1n) is 6.83. The summed E-state index contributed by atoms with van der Waals surface area (Å²) in [5.41, 5.74) is 1.12. The number of halogens is 1. The van der Waals surface area contributed by atoms with Gasteiger partial charge in [-0.2, -0.15) is 0 Å². The van der Waals surface area contributed by atoms with E-state index >= 15 is 0 Å². The zero-order valence-electron chi connectivity index (χ0n) is 12.1. The fourth-order valence-electron chi connectivity index (χ4n) is 2.32. The standard InChI is InChI=1S/C16H10IN3O3S/c17-11-5-3-6-12(9-11)19-15(21)13(18-16(19)24)8-10-4-1-2-7-14(10)20(22)23/h1-9H,(H,18,24)/b13-8-. The number of rotatable bonds is 3. The molecule has 8 heteroatoms. The van der Waals surface area contributed by atoms with Crippen LogP contribution in [0.15, 0.2) is 54.2 Å². The molecular formula is C16H10IN3O3S. The number of nitrogens with one attached hydrogen (secondary N) is 1. The van der Waals surface area contributed by atoms with Crippen LogP contribution in [-0.2, 0) is 4.79 Å². The molecule has 3 rings (SSSR count). The Hall–Kier alpha value is -2.33. The maximum Gasteiger partial charge on any atom is 0.281 e. The van der Waals surface area contributed by atoms with Gasteiger partial charge in [0.05, 0.1) is 16.2 Å². The average Bonchev–Trinajstić information content (AvgIpc) is 2.81. The smallest absolute Gasteiger partial charge is 0.281 e. The normalized spacial score (nSPS) is 15.7. The van der Waals surface area contributed by atoms with Crippen LogP contribution in [0, 0.1) is 13.7 Å². The van der Waals surface area contributed by atoms with Crippen LogP contribution in [0.25, 0.3) is 6.08 Å². The van der Waals surface area contributed by atoms with Gasteiger partial charge in [-0.25, -0.2) is 0 Å². The lowest BCUT2D eigenvalue weighted by Gasteiger charge is -2.14. The lowest BCUT2D eigenvalue weighted by molar-refractivity contribution is -0.385. The Labute approximate surface area is 156 Å². The third kappa shape index (κ3) is 3.15. The maximum absolute atomic E-state index is 12.6. The molecular weight excluding hydrogens is 441 g/mol. The molecule has 0 atom stereocenters. The van der Waals surface area contributed by atoms with Crippen molar-refractivity contribution in [3.63, 3.8) is 0 Å². The van der Waals surface area contributed by atoms with E-state index < -0.39 is 4.92 Å². The van der Waals surface area contributed by atoms with Gasteiger partial charge in [-0.1, -0.05) is 18.2 Å². The van der Waals surface area contributed by atoms with Gasteiger partial charge < -0.3 is 5.32 Å². The van der Waals surface area contributed by atoms with Crippen LogP contribution in [0.4, 0.5) is 11.4 Å². The monoisotopic (exact) mass is 451 g/mol. The number of hydrogen-bond donors (Lipinski definition) is 1. The molecule has 1 fully saturated rings.